The van der Waals surface area contributed by atoms with E-state index in [1.54, 1.807) is 0 Å². The van der Waals surface area contributed by atoms with Crippen molar-refractivity contribution in [1.29, 1.82) is 0 Å². The van der Waals surface area contributed by atoms with E-state index in [2.05, 4.69) is 55.4 Å². The Hall–Kier alpha value is -1.18. The summed E-state index contributed by atoms with van der Waals surface area (Å²) in [5.74, 6) is 4.34. The Labute approximate surface area is 193 Å². The van der Waals surface area contributed by atoms with E-state index in [1.807, 2.05) is 0 Å². The third-order valence-corrected chi connectivity index (χ3v) is 7.91. The fourth-order valence-corrected chi connectivity index (χ4v) is 5.29. The summed E-state index contributed by atoms with van der Waals surface area (Å²) in [5.41, 5.74) is 4.60. The molecule has 0 unspecified atom stereocenters. The van der Waals surface area contributed by atoms with E-state index in [0.717, 1.165) is 53.9 Å². The average molecular weight is 432 g/mol. The summed E-state index contributed by atoms with van der Waals surface area (Å²) >= 11 is 0. The van der Waals surface area contributed by atoms with E-state index in [-0.39, 0.29) is 5.60 Å². The van der Waals surface area contributed by atoms with E-state index < -0.39 is 0 Å². The Morgan fingerprint density at radius 1 is 0.806 bits per heavy atom. The summed E-state index contributed by atoms with van der Waals surface area (Å²) in [4.78, 5) is 0. The van der Waals surface area contributed by atoms with E-state index in [9.17, 15) is 0 Å². The minimum atomic E-state index is -0.0508. The lowest BCUT2D eigenvalue weighted by Crippen LogP contribution is -2.37. The zero-order valence-corrected chi connectivity index (χ0v) is 21.9. The molecule has 0 radical (unpaired) electrons. The minimum Gasteiger partial charge on any atom is -0.593 e. The van der Waals surface area contributed by atoms with Crippen molar-refractivity contribution in [3.8, 4) is 11.5 Å². The molecule has 0 aliphatic carbocycles. The van der Waals surface area contributed by atoms with Crippen LogP contribution < -0.4 is 4.74 Å². The number of fused-ring (bicyclic) bond motifs is 1. The van der Waals surface area contributed by atoms with E-state index in [4.69, 9.17) is 9.84 Å². The van der Waals surface area contributed by atoms with Gasteiger partial charge in [0.1, 0.15) is 11.4 Å². The van der Waals surface area contributed by atoms with Gasteiger partial charge in [0.05, 0.1) is 11.1 Å². The van der Waals surface area contributed by atoms with Crippen molar-refractivity contribution in [1.82, 2.24) is 0 Å². The molecule has 31 heavy (non-hydrogen) atoms. The number of ether oxygens (including phenoxy) is 1. The van der Waals surface area contributed by atoms with Crippen molar-refractivity contribution in [2.24, 2.45) is 17.8 Å². The molecule has 1 heterocycles. The second-order valence-electron chi connectivity index (χ2n) is 11.5. The van der Waals surface area contributed by atoms with Gasteiger partial charge < -0.3 is 9.84 Å². The zero-order chi connectivity index (χ0) is 23.2. The first-order valence-corrected chi connectivity index (χ1v) is 13.1. The Morgan fingerprint density at radius 3 is 1.94 bits per heavy atom. The van der Waals surface area contributed by atoms with Crippen LogP contribution in [-0.4, -0.2) is 10.7 Å². The van der Waals surface area contributed by atoms with E-state index in [1.165, 1.54) is 62.5 Å². The van der Waals surface area contributed by atoms with Crippen LogP contribution in [0.15, 0.2) is 0 Å². The molecule has 2 N–H and O–H groups in total. The predicted molar refractivity (Wildman–Crippen MR) is 136 cm³/mol. The van der Waals surface area contributed by atoms with Crippen LogP contribution >= 0.6 is 0 Å². The summed E-state index contributed by atoms with van der Waals surface area (Å²) in [6, 6.07) is 0. The van der Waals surface area contributed by atoms with Crippen LogP contribution in [0.2, 0.25) is 0 Å². The molecule has 0 saturated carbocycles. The fourth-order valence-electron chi connectivity index (χ4n) is 5.29. The predicted octanol–water partition coefficient (Wildman–Crippen LogP) is 8.57. The smallest absolute Gasteiger partial charge is 0.260 e. The van der Waals surface area contributed by atoms with Gasteiger partial charge in [0.2, 0.25) is 0 Å². The van der Waals surface area contributed by atoms with Crippen molar-refractivity contribution in [2.75, 3.05) is 0 Å². The van der Waals surface area contributed by atoms with Gasteiger partial charge in [-0.15, -0.1) is 0 Å². The summed E-state index contributed by atoms with van der Waals surface area (Å²) in [6.07, 6.45) is 14.2. The van der Waals surface area contributed by atoms with Crippen LogP contribution in [-0.2, 0) is 6.42 Å². The highest BCUT2D eigenvalue weighted by atomic mass is 16.5. The van der Waals surface area contributed by atoms with Crippen LogP contribution in [0.1, 0.15) is 121 Å². The van der Waals surface area contributed by atoms with Gasteiger partial charge in [0.25, 0.3) is 5.75 Å². The van der Waals surface area contributed by atoms with Crippen LogP contribution in [0.5, 0.6) is 11.5 Å². The normalized spacial score (nSPS) is 20.4. The van der Waals surface area contributed by atoms with Crippen molar-refractivity contribution in [3.05, 3.63) is 22.3 Å². The maximum absolute atomic E-state index is 8.36. The maximum atomic E-state index is 8.36. The van der Waals surface area contributed by atoms with Crippen molar-refractivity contribution >= 4 is 0 Å². The standard InChI is InChI=1S/C29H50O2/c1-20(2)12-9-13-21(3)14-10-15-22(4)16-11-18-29(8)19-17-26-25(7)27(30)23(5)24(6)28(26)31-29/h20-22,30H,9-19H2,1-8H3/p+1/t21-,22-,29-/m1/s1. The van der Waals surface area contributed by atoms with Crippen LogP contribution in [0.25, 0.3) is 0 Å². The van der Waals surface area contributed by atoms with Gasteiger partial charge in [0.15, 0.2) is 0 Å². The highest BCUT2D eigenvalue weighted by Gasteiger charge is 2.35. The molecule has 3 atom stereocenters. The largest absolute Gasteiger partial charge is 0.593 e. The maximum Gasteiger partial charge on any atom is 0.260 e. The highest BCUT2D eigenvalue weighted by molar-refractivity contribution is 5.58. The minimum absolute atomic E-state index is 0.0508. The van der Waals surface area contributed by atoms with Crippen LogP contribution in [0, 0.1) is 38.5 Å². The van der Waals surface area contributed by atoms with Gasteiger partial charge in [-0.2, -0.15) is 0 Å². The third kappa shape index (κ3) is 7.43. The van der Waals surface area contributed by atoms with Crippen molar-refractivity contribution in [2.45, 2.75) is 132 Å². The van der Waals surface area contributed by atoms with Crippen molar-refractivity contribution in [3.63, 3.8) is 0 Å². The average Bonchev–Trinajstić information content (AvgIpc) is 2.70. The lowest BCUT2D eigenvalue weighted by Gasteiger charge is -2.38. The van der Waals surface area contributed by atoms with Gasteiger partial charge in [-0.3, -0.25) is 0 Å². The molecule has 1 aromatic carbocycles. The molecule has 0 bridgehead atoms. The molecule has 2 heteroatoms. The second-order valence-corrected chi connectivity index (χ2v) is 11.5. The molecule has 0 saturated heterocycles. The molecule has 2 nitrogen and oxygen atoms in total. The first-order chi connectivity index (χ1) is 14.5. The molecule has 0 aromatic heterocycles. The Bertz CT molecular complexity index is 705. The lowest BCUT2D eigenvalue weighted by atomic mass is 9.84. The number of rotatable bonds is 12. The number of hydrogen-bond acceptors (Lipinski definition) is 1. The van der Waals surface area contributed by atoms with Crippen molar-refractivity contribution < 1.29 is 9.84 Å². The van der Waals surface area contributed by atoms with E-state index in [0.29, 0.717) is 5.75 Å². The SMILES string of the molecule is Cc1c(C)c2c(c(C)c1[OH2+])CC[C@@](C)(CCC[C@H](C)CCC[C@H](C)CCCC(C)C)O2. The van der Waals surface area contributed by atoms with Gasteiger partial charge in [-0.1, -0.05) is 72.6 Å². The number of hydrogen-bond donors (Lipinski definition) is 0. The fraction of sp³-hybridized carbons (Fsp3) is 0.793. The Balaban J connectivity index is 1.74. The van der Waals surface area contributed by atoms with Gasteiger partial charge in [-0.25, -0.2) is 0 Å². The summed E-state index contributed by atoms with van der Waals surface area (Å²) in [7, 11) is 0. The topological polar surface area (TPSA) is 32.1 Å². The molecule has 2 rings (SSSR count). The first-order valence-electron chi connectivity index (χ1n) is 13.1. The molecule has 1 aliphatic rings. The number of benzene rings is 1. The Morgan fingerprint density at radius 2 is 1.35 bits per heavy atom. The Kier molecular flexibility index (Phi) is 9.77. The molecule has 0 spiro atoms. The lowest BCUT2D eigenvalue weighted by molar-refractivity contribution is 0.0512. The first kappa shape index (κ1) is 26.1. The molecule has 0 amide bonds. The van der Waals surface area contributed by atoms with Crippen LogP contribution in [0.3, 0.4) is 0 Å². The summed E-state index contributed by atoms with van der Waals surface area (Å²) in [5, 5.41) is 8.36. The molecular weight excluding hydrogens is 380 g/mol. The second kappa shape index (κ2) is 11.6. The van der Waals surface area contributed by atoms with Gasteiger partial charge in [-0.05, 0) is 71.1 Å². The molecule has 1 aliphatic heterocycles. The molecule has 178 valence electrons. The van der Waals surface area contributed by atoms with Crippen LogP contribution in [0.4, 0.5) is 0 Å². The molecule has 0 fully saturated rings. The van der Waals surface area contributed by atoms with Gasteiger partial charge >= 0.3 is 0 Å². The highest BCUT2D eigenvalue weighted by Crippen LogP contribution is 2.44. The molecular formula is C29H51O2+. The summed E-state index contributed by atoms with van der Waals surface area (Å²) in [6.45, 7) is 18.1. The van der Waals surface area contributed by atoms with Gasteiger partial charge in [0, 0.05) is 11.1 Å². The monoisotopic (exact) mass is 431 g/mol. The molecule has 1 aromatic rings. The quantitative estimate of drug-likeness (QED) is 0.305. The van der Waals surface area contributed by atoms with E-state index >= 15 is 0 Å². The summed E-state index contributed by atoms with van der Waals surface area (Å²) < 4.78 is 6.63. The zero-order valence-electron chi connectivity index (χ0n) is 21.9. The third-order valence-electron chi connectivity index (χ3n) is 7.91.